The molecule has 0 aromatic rings. The molecule has 4 bridgehead atoms. The lowest BCUT2D eigenvalue weighted by Gasteiger charge is -2.63. The minimum Gasteiger partial charge on any atom is -0.329 e. The predicted molar refractivity (Wildman–Crippen MR) is 78.8 cm³/mol. The van der Waals surface area contributed by atoms with Crippen LogP contribution < -0.4 is 5.73 Å². The molecule has 0 spiro atoms. The fraction of sp³-hybridized carbons (Fsp3) is 1.00. The fourth-order valence-electron chi connectivity index (χ4n) is 6.30. The first-order chi connectivity index (χ1) is 9.06. The molecule has 1 unspecified atom stereocenters. The smallest absolute Gasteiger partial charge is 0.0334 e. The molecule has 0 aromatic carbocycles. The van der Waals surface area contributed by atoms with Gasteiger partial charge in [-0.05, 0) is 89.0 Å². The highest BCUT2D eigenvalue weighted by Gasteiger charge is 2.57. The minimum atomic E-state index is 0.270. The van der Waals surface area contributed by atoms with E-state index in [2.05, 4.69) is 18.9 Å². The van der Waals surface area contributed by atoms with Crippen molar-refractivity contribution in [2.75, 3.05) is 13.6 Å². The molecular weight excluding hydrogens is 232 g/mol. The summed E-state index contributed by atoms with van der Waals surface area (Å²) < 4.78 is 0. The third-order valence-electron chi connectivity index (χ3n) is 7.35. The molecule has 1 atom stereocenters. The summed E-state index contributed by atoms with van der Waals surface area (Å²) in [5.74, 6) is 3.98. The second-order valence-corrected chi connectivity index (χ2v) is 8.54. The molecule has 0 saturated heterocycles. The zero-order chi connectivity index (χ0) is 13.3. The Kier molecular flexibility index (Phi) is 2.65. The van der Waals surface area contributed by atoms with Crippen molar-refractivity contribution in [3.8, 4) is 0 Å². The van der Waals surface area contributed by atoms with Crippen molar-refractivity contribution in [2.45, 2.75) is 69.4 Å². The third-order valence-corrected chi connectivity index (χ3v) is 7.35. The lowest BCUT2D eigenvalue weighted by molar-refractivity contribution is -0.118. The maximum atomic E-state index is 6.23. The second-order valence-electron chi connectivity index (χ2n) is 8.54. The van der Waals surface area contributed by atoms with E-state index in [0.29, 0.717) is 5.54 Å². The summed E-state index contributed by atoms with van der Waals surface area (Å²) in [6.07, 6.45) is 11.8. The molecule has 5 aliphatic rings. The first-order valence-corrected chi connectivity index (χ1v) is 8.50. The van der Waals surface area contributed by atoms with Crippen LogP contribution in [-0.4, -0.2) is 29.6 Å². The Balaban J connectivity index is 1.63. The van der Waals surface area contributed by atoms with Crippen molar-refractivity contribution in [3.05, 3.63) is 0 Å². The molecule has 2 heteroatoms. The topological polar surface area (TPSA) is 29.3 Å². The van der Waals surface area contributed by atoms with Crippen LogP contribution >= 0.6 is 0 Å². The predicted octanol–water partition coefficient (Wildman–Crippen LogP) is 3.01. The number of hydrogen-bond acceptors (Lipinski definition) is 2. The molecule has 5 rings (SSSR count). The average Bonchev–Trinajstić information content (AvgIpc) is 3.20. The number of nitrogens with zero attached hydrogens (tertiary/aromatic N) is 1. The Labute approximate surface area is 118 Å². The Morgan fingerprint density at radius 1 is 1.05 bits per heavy atom. The van der Waals surface area contributed by atoms with Crippen LogP contribution in [0.2, 0.25) is 0 Å². The number of hydrogen-bond donors (Lipinski definition) is 1. The van der Waals surface area contributed by atoms with E-state index in [-0.39, 0.29) is 5.54 Å². The highest BCUT2D eigenvalue weighted by atomic mass is 15.3. The van der Waals surface area contributed by atoms with Gasteiger partial charge in [0.2, 0.25) is 0 Å². The van der Waals surface area contributed by atoms with Crippen molar-refractivity contribution in [1.82, 2.24) is 4.90 Å². The highest BCUT2D eigenvalue weighted by molar-refractivity contribution is 5.12. The van der Waals surface area contributed by atoms with Crippen molar-refractivity contribution < 1.29 is 0 Å². The summed E-state index contributed by atoms with van der Waals surface area (Å²) in [5, 5.41) is 0. The van der Waals surface area contributed by atoms with Gasteiger partial charge in [-0.3, -0.25) is 4.90 Å². The van der Waals surface area contributed by atoms with Gasteiger partial charge >= 0.3 is 0 Å². The Morgan fingerprint density at radius 3 is 1.89 bits per heavy atom. The molecular formula is C17H30N2. The van der Waals surface area contributed by atoms with Gasteiger partial charge in [0.15, 0.2) is 0 Å². The zero-order valence-electron chi connectivity index (χ0n) is 12.7. The van der Waals surface area contributed by atoms with Gasteiger partial charge in [0.1, 0.15) is 0 Å². The monoisotopic (exact) mass is 262 g/mol. The number of nitrogens with two attached hydrogens (primary N) is 1. The van der Waals surface area contributed by atoms with E-state index in [1.165, 1.54) is 51.4 Å². The van der Waals surface area contributed by atoms with E-state index in [1.807, 2.05) is 0 Å². The zero-order valence-corrected chi connectivity index (χ0v) is 12.7. The van der Waals surface area contributed by atoms with Crippen molar-refractivity contribution >= 4 is 0 Å². The van der Waals surface area contributed by atoms with Crippen LogP contribution in [0.3, 0.4) is 0 Å². The third kappa shape index (κ3) is 1.75. The number of likely N-dealkylation sites (N-methyl/N-ethyl adjacent to an activating group) is 1. The van der Waals surface area contributed by atoms with E-state index < -0.39 is 0 Å². The van der Waals surface area contributed by atoms with Crippen LogP contribution in [0.5, 0.6) is 0 Å². The van der Waals surface area contributed by atoms with Crippen molar-refractivity contribution in [1.29, 1.82) is 0 Å². The average molecular weight is 262 g/mol. The molecule has 108 valence electrons. The maximum Gasteiger partial charge on any atom is 0.0334 e. The molecule has 5 saturated carbocycles. The normalized spacial score (nSPS) is 47.7. The number of rotatable bonds is 4. The van der Waals surface area contributed by atoms with Gasteiger partial charge in [0, 0.05) is 17.6 Å². The minimum absolute atomic E-state index is 0.270. The Hall–Kier alpha value is -0.0800. The Morgan fingerprint density at radius 2 is 1.53 bits per heavy atom. The van der Waals surface area contributed by atoms with Gasteiger partial charge in [-0.15, -0.1) is 0 Å². The summed E-state index contributed by atoms with van der Waals surface area (Å²) in [7, 11) is 2.42. The fourth-order valence-corrected chi connectivity index (χ4v) is 6.30. The molecule has 5 fully saturated rings. The molecule has 2 N–H and O–H groups in total. The van der Waals surface area contributed by atoms with E-state index in [4.69, 9.17) is 5.73 Å². The van der Waals surface area contributed by atoms with Crippen LogP contribution in [0.15, 0.2) is 0 Å². The van der Waals surface area contributed by atoms with Crippen molar-refractivity contribution in [2.24, 2.45) is 29.4 Å². The van der Waals surface area contributed by atoms with Crippen LogP contribution in [0.25, 0.3) is 0 Å². The van der Waals surface area contributed by atoms with Crippen LogP contribution in [-0.2, 0) is 0 Å². The summed E-state index contributed by atoms with van der Waals surface area (Å²) in [6.45, 7) is 3.29. The van der Waals surface area contributed by atoms with Crippen LogP contribution in [0.4, 0.5) is 0 Å². The largest absolute Gasteiger partial charge is 0.329 e. The molecule has 0 amide bonds. The molecule has 5 aliphatic carbocycles. The molecule has 0 aromatic heterocycles. The summed E-state index contributed by atoms with van der Waals surface area (Å²) >= 11 is 0. The van der Waals surface area contributed by atoms with Gasteiger partial charge in [-0.25, -0.2) is 0 Å². The van der Waals surface area contributed by atoms with Gasteiger partial charge in [0.25, 0.3) is 0 Å². The highest BCUT2D eigenvalue weighted by Crippen LogP contribution is 2.59. The van der Waals surface area contributed by atoms with Crippen molar-refractivity contribution in [3.63, 3.8) is 0 Å². The molecule has 2 nitrogen and oxygen atoms in total. The quantitative estimate of drug-likeness (QED) is 0.844. The van der Waals surface area contributed by atoms with E-state index in [9.17, 15) is 0 Å². The van der Waals surface area contributed by atoms with E-state index in [1.54, 1.807) is 0 Å². The van der Waals surface area contributed by atoms with Gasteiger partial charge in [-0.2, -0.15) is 0 Å². The van der Waals surface area contributed by atoms with Crippen LogP contribution in [0.1, 0.15) is 58.3 Å². The van der Waals surface area contributed by atoms with Gasteiger partial charge < -0.3 is 5.73 Å². The Bertz CT molecular complexity index is 338. The molecule has 0 heterocycles. The second kappa shape index (κ2) is 3.98. The van der Waals surface area contributed by atoms with Gasteiger partial charge in [0.05, 0.1) is 0 Å². The lowest BCUT2D eigenvalue weighted by atomic mass is 9.52. The maximum absolute atomic E-state index is 6.23. The summed E-state index contributed by atoms with van der Waals surface area (Å²) in [5.41, 5.74) is 7.01. The van der Waals surface area contributed by atoms with E-state index in [0.717, 1.165) is 30.2 Å². The summed E-state index contributed by atoms with van der Waals surface area (Å²) in [6, 6.07) is 0. The van der Waals surface area contributed by atoms with Gasteiger partial charge in [-0.1, -0.05) is 0 Å². The summed E-state index contributed by atoms with van der Waals surface area (Å²) in [4.78, 5) is 2.79. The SMILES string of the molecule is CN(C12CC3CC(CC(C3)C1)C2)C(C)(CN)C1CC1. The standard InChI is InChI=1S/C17H30N2/c1-16(11-18,15-3-4-15)19(2)17-8-12-5-13(9-17)7-14(6-12)10-17/h12-15H,3-11,18H2,1-2H3. The molecule has 0 radical (unpaired) electrons. The molecule has 0 aliphatic heterocycles. The first-order valence-electron chi connectivity index (χ1n) is 8.50. The van der Waals surface area contributed by atoms with Crippen LogP contribution in [0, 0.1) is 23.7 Å². The molecule has 19 heavy (non-hydrogen) atoms. The lowest BCUT2D eigenvalue weighted by Crippen LogP contribution is -2.67. The van der Waals surface area contributed by atoms with E-state index >= 15 is 0 Å². The first kappa shape index (κ1) is 12.6.